The van der Waals surface area contributed by atoms with Gasteiger partial charge in [-0.05, 0) is 35.9 Å². The summed E-state index contributed by atoms with van der Waals surface area (Å²) in [6.45, 7) is 0.278. The molecule has 0 radical (unpaired) electrons. The Morgan fingerprint density at radius 3 is 2.42 bits per heavy atom. The normalized spacial score (nSPS) is 10.2. The Morgan fingerprint density at radius 2 is 1.79 bits per heavy atom. The number of carbonyl (C=O) groups is 1. The Kier molecular flexibility index (Phi) is 3.75. The molecule has 0 spiro atoms. The van der Waals surface area contributed by atoms with Gasteiger partial charge in [-0.3, -0.25) is 0 Å². The first-order chi connectivity index (χ1) is 9.06. The van der Waals surface area contributed by atoms with Crippen molar-refractivity contribution in [2.75, 3.05) is 5.32 Å². The van der Waals surface area contributed by atoms with Gasteiger partial charge in [0.05, 0.1) is 11.3 Å². The van der Waals surface area contributed by atoms with E-state index in [1.807, 2.05) is 0 Å². The highest BCUT2D eigenvalue weighted by atomic mass is 19.1. The summed E-state index contributed by atoms with van der Waals surface area (Å²) in [6, 6.07) is 9.27. The molecule has 2 aromatic carbocycles. The molecule has 0 aromatic heterocycles. The third-order valence-corrected chi connectivity index (χ3v) is 2.61. The lowest BCUT2D eigenvalue weighted by molar-refractivity contribution is 0.0697. The van der Waals surface area contributed by atoms with Crippen molar-refractivity contribution in [1.29, 1.82) is 0 Å². The summed E-state index contributed by atoms with van der Waals surface area (Å²) < 4.78 is 26.2. The maximum Gasteiger partial charge on any atom is 0.335 e. The number of anilines is 1. The van der Waals surface area contributed by atoms with Crippen molar-refractivity contribution in [3.8, 4) is 0 Å². The first kappa shape index (κ1) is 13.0. The number of rotatable bonds is 4. The van der Waals surface area contributed by atoms with E-state index in [-0.39, 0.29) is 23.6 Å². The van der Waals surface area contributed by atoms with Crippen molar-refractivity contribution in [2.45, 2.75) is 6.54 Å². The van der Waals surface area contributed by atoms with Gasteiger partial charge in [-0.15, -0.1) is 0 Å². The Bertz CT molecular complexity index is 597. The second kappa shape index (κ2) is 5.48. The van der Waals surface area contributed by atoms with Crippen molar-refractivity contribution in [1.82, 2.24) is 0 Å². The quantitative estimate of drug-likeness (QED) is 0.890. The van der Waals surface area contributed by atoms with Gasteiger partial charge < -0.3 is 10.4 Å². The summed E-state index contributed by atoms with van der Waals surface area (Å²) in [5.41, 5.74) is 0.869. The van der Waals surface area contributed by atoms with Gasteiger partial charge >= 0.3 is 5.97 Å². The molecule has 98 valence electrons. The summed E-state index contributed by atoms with van der Waals surface area (Å²) in [4.78, 5) is 10.8. The van der Waals surface area contributed by atoms with E-state index < -0.39 is 11.8 Å². The van der Waals surface area contributed by atoms with Crippen LogP contribution in [0.3, 0.4) is 0 Å². The summed E-state index contributed by atoms with van der Waals surface area (Å²) in [5.74, 6) is -2.00. The summed E-state index contributed by atoms with van der Waals surface area (Å²) >= 11 is 0. The third kappa shape index (κ3) is 3.28. The van der Waals surface area contributed by atoms with Gasteiger partial charge in [0, 0.05) is 6.54 Å². The fourth-order valence-corrected chi connectivity index (χ4v) is 1.59. The van der Waals surface area contributed by atoms with E-state index in [1.165, 1.54) is 24.3 Å². The van der Waals surface area contributed by atoms with E-state index >= 15 is 0 Å². The molecule has 0 fully saturated rings. The molecule has 0 atom stereocenters. The van der Waals surface area contributed by atoms with Crippen LogP contribution in [0.4, 0.5) is 14.5 Å². The highest BCUT2D eigenvalue weighted by Crippen LogP contribution is 2.17. The van der Waals surface area contributed by atoms with Crippen LogP contribution in [-0.2, 0) is 6.54 Å². The van der Waals surface area contributed by atoms with Gasteiger partial charge in [-0.25, -0.2) is 13.6 Å². The number of carboxylic acid groups (broad SMARTS) is 1. The second-order valence-electron chi connectivity index (χ2n) is 3.98. The third-order valence-electron chi connectivity index (χ3n) is 2.61. The van der Waals surface area contributed by atoms with E-state index in [0.29, 0.717) is 0 Å². The van der Waals surface area contributed by atoms with Crippen LogP contribution in [0.2, 0.25) is 0 Å². The minimum Gasteiger partial charge on any atom is -0.478 e. The van der Waals surface area contributed by atoms with Gasteiger partial charge in [0.1, 0.15) is 11.6 Å². The lowest BCUT2D eigenvalue weighted by Gasteiger charge is -2.08. The van der Waals surface area contributed by atoms with Crippen LogP contribution in [0, 0.1) is 11.6 Å². The number of hydrogen-bond donors (Lipinski definition) is 2. The second-order valence-corrected chi connectivity index (χ2v) is 3.98. The number of carboxylic acids is 1. The highest BCUT2D eigenvalue weighted by molar-refractivity contribution is 5.88. The lowest BCUT2D eigenvalue weighted by Crippen LogP contribution is -2.04. The number of nitrogens with one attached hydrogen (secondary N) is 1. The SMILES string of the molecule is O=C(O)c1ccc(F)c(NCc2ccc(F)cc2)c1. The molecular weight excluding hydrogens is 252 g/mol. The van der Waals surface area contributed by atoms with Gasteiger partial charge in [-0.1, -0.05) is 12.1 Å². The first-order valence-corrected chi connectivity index (χ1v) is 5.57. The van der Waals surface area contributed by atoms with Crippen LogP contribution in [0.5, 0.6) is 0 Å². The molecule has 0 aliphatic heterocycles. The molecule has 19 heavy (non-hydrogen) atoms. The smallest absolute Gasteiger partial charge is 0.335 e. The Hall–Kier alpha value is -2.43. The highest BCUT2D eigenvalue weighted by Gasteiger charge is 2.08. The largest absolute Gasteiger partial charge is 0.478 e. The topological polar surface area (TPSA) is 49.3 Å². The molecule has 3 nitrogen and oxygen atoms in total. The number of hydrogen-bond acceptors (Lipinski definition) is 2. The number of aromatic carboxylic acids is 1. The van der Waals surface area contributed by atoms with Crippen LogP contribution in [0.1, 0.15) is 15.9 Å². The van der Waals surface area contributed by atoms with E-state index in [9.17, 15) is 13.6 Å². The van der Waals surface area contributed by atoms with Crippen LogP contribution in [0.15, 0.2) is 42.5 Å². The zero-order chi connectivity index (χ0) is 13.8. The average molecular weight is 263 g/mol. The minimum absolute atomic E-state index is 0.00278. The summed E-state index contributed by atoms with van der Waals surface area (Å²) in [7, 11) is 0. The predicted molar refractivity (Wildman–Crippen MR) is 67.1 cm³/mol. The maximum absolute atomic E-state index is 13.5. The predicted octanol–water partition coefficient (Wildman–Crippen LogP) is 3.28. The van der Waals surface area contributed by atoms with Crippen LogP contribution < -0.4 is 5.32 Å². The Labute approximate surface area is 108 Å². The molecule has 0 aliphatic rings. The van der Waals surface area contributed by atoms with Gasteiger partial charge in [0.2, 0.25) is 0 Å². The van der Waals surface area contributed by atoms with E-state index in [0.717, 1.165) is 11.6 Å². The van der Waals surface area contributed by atoms with Crippen LogP contribution in [0.25, 0.3) is 0 Å². The molecule has 0 saturated carbocycles. The van der Waals surface area contributed by atoms with Crippen molar-refractivity contribution in [2.24, 2.45) is 0 Å². The first-order valence-electron chi connectivity index (χ1n) is 5.57. The van der Waals surface area contributed by atoms with E-state index in [1.54, 1.807) is 12.1 Å². The molecule has 2 N–H and O–H groups in total. The maximum atomic E-state index is 13.5. The Balaban J connectivity index is 2.12. The molecule has 0 aliphatic carbocycles. The zero-order valence-electron chi connectivity index (χ0n) is 9.86. The fourth-order valence-electron chi connectivity index (χ4n) is 1.59. The molecule has 0 saturated heterocycles. The number of benzene rings is 2. The van der Waals surface area contributed by atoms with Crippen molar-refractivity contribution >= 4 is 11.7 Å². The average Bonchev–Trinajstić information content (AvgIpc) is 2.39. The van der Waals surface area contributed by atoms with E-state index in [2.05, 4.69) is 5.32 Å². The minimum atomic E-state index is -1.12. The van der Waals surface area contributed by atoms with Crippen LogP contribution in [-0.4, -0.2) is 11.1 Å². The van der Waals surface area contributed by atoms with Crippen molar-refractivity contribution in [3.63, 3.8) is 0 Å². The fraction of sp³-hybridized carbons (Fsp3) is 0.0714. The van der Waals surface area contributed by atoms with Gasteiger partial charge in [-0.2, -0.15) is 0 Å². The zero-order valence-corrected chi connectivity index (χ0v) is 9.86. The molecular formula is C14H11F2NO2. The Morgan fingerprint density at radius 1 is 1.11 bits per heavy atom. The van der Waals surface area contributed by atoms with Crippen molar-refractivity contribution < 1.29 is 18.7 Å². The summed E-state index contributed by atoms with van der Waals surface area (Å²) in [5, 5.41) is 11.6. The van der Waals surface area contributed by atoms with Crippen LogP contribution >= 0.6 is 0 Å². The monoisotopic (exact) mass is 263 g/mol. The van der Waals surface area contributed by atoms with Gasteiger partial charge in [0.15, 0.2) is 0 Å². The molecule has 0 unspecified atom stereocenters. The summed E-state index contributed by atoms with van der Waals surface area (Å²) in [6.07, 6.45) is 0. The molecule has 0 bridgehead atoms. The number of halogens is 2. The molecule has 0 amide bonds. The lowest BCUT2D eigenvalue weighted by atomic mass is 10.1. The standard InChI is InChI=1S/C14H11F2NO2/c15-11-4-1-9(2-5-11)8-17-13-7-10(14(18)19)3-6-12(13)16/h1-7,17H,8H2,(H,18,19). The van der Waals surface area contributed by atoms with E-state index in [4.69, 9.17) is 5.11 Å². The molecule has 2 rings (SSSR count). The molecule has 2 aromatic rings. The van der Waals surface area contributed by atoms with Gasteiger partial charge in [0.25, 0.3) is 0 Å². The van der Waals surface area contributed by atoms with Crippen molar-refractivity contribution in [3.05, 3.63) is 65.2 Å². The molecule has 0 heterocycles. The molecule has 5 heteroatoms.